The van der Waals surface area contributed by atoms with Gasteiger partial charge in [-0.05, 0) is 23.8 Å². The Balaban J connectivity index is 2.81. The van der Waals surface area contributed by atoms with Crippen LogP contribution in [-0.2, 0) is 7.05 Å². The van der Waals surface area contributed by atoms with Gasteiger partial charge in [0.25, 0.3) is 0 Å². The van der Waals surface area contributed by atoms with E-state index in [2.05, 4.69) is 63.2 Å². The van der Waals surface area contributed by atoms with Crippen LogP contribution in [0.5, 0.6) is 0 Å². The molecule has 0 aliphatic carbocycles. The first-order valence-corrected chi connectivity index (χ1v) is 4.90. The molecule has 69 valence electrons. The SMILES string of the molecule is C[B]c1c[n+](C)cc2ccc(C)cc12. The standard InChI is InChI=1S/C12H14BN/c1-9-4-5-10-7-14(3)8-12(13-2)11(10)6-9/h4-8H,1-3H3/q+1. The van der Waals surface area contributed by atoms with Crippen LogP contribution in [0, 0.1) is 6.92 Å². The summed E-state index contributed by atoms with van der Waals surface area (Å²) in [6, 6.07) is 6.57. The molecular weight excluding hydrogens is 169 g/mol. The van der Waals surface area contributed by atoms with E-state index in [-0.39, 0.29) is 0 Å². The monoisotopic (exact) mass is 183 g/mol. The van der Waals surface area contributed by atoms with E-state index in [4.69, 9.17) is 0 Å². The summed E-state index contributed by atoms with van der Waals surface area (Å²) in [6.45, 7) is 4.21. The number of rotatable bonds is 1. The van der Waals surface area contributed by atoms with Gasteiger partial charge in [0.2, 0.25) is 0 Å². The van der Waals surface area contributed by atoms with Crippen molar-refractivity contribution >= 4 is 23.5 Å². The molecule has 0 fully saturated rings. The second-order valence-corrected chi connectivity index (χ2v) is 3.76. The number of aromatic nitrogens is 1. The third-order valence-electron chi connectivity index (χ3n) is 2.52. The summed E-state index contributed by atoms with van der Waals surface area (Å²) in [5.41, 5.74) is 2.61. The van der Waals surface area contributed by atoms with Gasteiger partial charge < -0.3 is 0 Å². The smallest absolute Gasteiger partial charge is 0.176 e. The summed E-state index contributed by atoms with van der Waals surface area (Å²) in [4.78, 5) is 0. The Kier molecular flexibility index (Phi) is 2.28. The van der Waals surface area contributed by atoms with E-state index < -0.39 is 0 Å². The number of hydrogen-bond acceptors (Lipinski definition) is 0. The fourth-order valence-corrected chi connectivity index (χ4v) is 1.81. The van der Waals surface area contributed by atoms with Crippen molar-refractivity contribution in [3.8, 4) is 0 Å². The second-order valence-electron chi connectivity index (χ2n) is 3.76. The molecule has 2 heteroatoms. The predicted octanol–water partition coefficient (Wildman–Crippen LogP) is 1.35. The maximum atomic E-state index is 2.24. The van der Waals surface area contributed by atoms with Crippen molar-refractivity contribution in [1.82, 2.24) is 0 Å². The van der Waals surface area contributed by atoms with Gasteiger partial charge >= 0.3 is 0 Å². The normalized spacial score (nSPS) is 10.5. The van der Waals surface area contributed by atoms with E-state index in [0.717, 1.165) is 0 Å². The molecule has 0 aliphatic heterocycles. The summed E-state index contributed by atoms with van der Waals surface area (Å²) >= 11 is 0. The molecule has 0 atom stereocenters. The fourth-order valence-electron chi connectivity index (χ4n) is 1.81. The van der Waals surface area contributed by atoms with Gasteiger partial charge in [-0.1, -0.05) is 24.5 Å². The number of pyridine rings is 1. The molecule has 1 heterocycles. The van der Waals surface area contributed by atoms with Gasteiger partial charge in [0.05, 0.1) is 0 Å². The third-order valence-corrected chi connectivity index (χ3v) is 2.52. The highest BCUT2D eigenvalue weighted by Gasteiger charge is 2.05. The van der Waals surface area contributed by atoms with Crippen molar-refractivity contribution in [2.75, 3.05) is 0 Å². The Labute approximate surface area is 85.6 Å². The van der Waals surface area contributed by atoms with Crippen LogP contribution in [-0.4, -0.2) is 7.28 Å². The van der Waals surface area contributed by atoms with Crippen molar-refractivity contribution < 1.29 is 4.57 Å². The molecule has 1 aromatic heterocycles. The minimum absolute atomic E-state index is 1.30. The minimum atomic E-state index is 1.30. The quantitative estimate of drug-likeness (QED) is 0.464. The van der Waals surface area contributed by atoms with Crippen LogP contribution in [0.4, 0.5) is 0 Å². The molecule has 1 aromatic carbocycles. The van der Waals surface area contributed by atoms with Gasteiger partial charge in [-0.2, -0.15) is 0 Å². The molecule has 0 saturated carbocycles. The summed E-state index contributed by atoms with van der Waals surface area (Å²) in [7, 11) is 4.22. The van der Waals surface area contributed by atoms with Gasteiger partial charge in [0.15, 0.2) is 19.7 Å². The topological polar surface area (TPSA) is 3.88 Å². The highest BCUT2D eigenvalue weighted by molar-refractivity contribution is 6.55. The van der Waals surface area contributed by atoms with E-state index in [1.165, 1.54) is 21.8 Å². The van der Waals surface area contributed by atoms with Crippen molar-refractivity contribution in [3.05, 3.63) is 36.2 Å². The first-order chi connectivity index (χ1) is 6.70. The zero-order chi connectivity index (χ0) is 10.1. The predicted molar refractivity (Wildman–Crippen MR) is 61.1 cm³/mol. The van der Waals surface area contributed by atoms with Crippen molar-refractivity contribution in [2.45, 2.75) is 13.7 Å². The maximum Gasteiger partial charge on any atom is 0.176 e. The zero-order valence-corrected chi connectivity index (χ0v) is 8.91. The van der Waals surface area contributed by atoms with Crippen molar-refractivity contribution in [1.29, 1.82) is 0 Å². The fraction of sp³-hybridized carbons (Fsp3) is 0.250. The largest absolute Gasteiger partial charge is 0.208 e. The molecule has 0 saturated heterocycles. The van der Waals surface area contributed by atoms with Gasteiger partial charge in [-0.3, -0.25) is 0 Å². The number of nitrogens with zero attached hydrogens (tertiary/aromatic N) is 1. The number of benzene rings is 1. The van der Waals surface area contributed by atoms with E-state index in [1.54, 1.807) is 0 Å². The Morgan fingerprint density at radius 2 is 2.00 bits per heavy atom. The van der Waals surface area contributed by atoms with Crippen LogP contribution in [0.1, 0.15) is 5.56 Å². The first-order valence-electron chi connectivity index (χ1n) is 4.90. The van der Waals surface area contributed by atoms with Gasteiger partial charge in [0, 0.05) is 5.39 Å². The van der Waals surface area contributed by atoms with Crippen LogP contribution < -0.4 is 10.0 Å². The molecule has 0 spiro atoms. The summed E-state index contributed by atoms with van der Waals surface area (Å²) in [5, 5.41) is 2.64. The van der Waals surface area contributed by atoms with Crippen LogP contribution in [0.3, 0.4) is 0 Å². The molecule has 0 N–H and O–H groups in total. The molecule has 2 aromatic rings. The van der Waals surface area contributed by atoms with E-state index in [0.29, 0.717) is 0 Å². The lowest BCUT2D eigenvalue weighted by molar-refractivity contribution is -0.669. The van der Waals surface area contributed by atoms with E-state index in [1.807, 2.05) is 0 Å². The van der Waals surface area contributed by atoms with Crippen molar-refractivity contribution in [3.63, 3.8) is 0 Å². The summed E-state index contributed by atoms with van der Waals surface area (Å²) in [5.74, 6) is 0. The highest BCUT2D eigenvalue weighted by Crippen LogP contribution is 2.11. The average Bonchev–Trinajstić information content (AvgIpc) is 2.17. The van der Waals surface area contributed by atoms with E-state index >= 15 is 0 Å². The lowest BCUT2D eigenvalue weighted by Gasteiger charge is -2.03. The number of hydrogen-bond donors (Lipinski definition) is 0. The van der Waals surface area contributed by atoms with Gasteiger partial charge in [0.1, 0.15) is 7.05 Å². The molecule has 0 aliphatic rings. The average molecular weight is 183 g/mol. The first kappa shape index (κ1) is 9.26. The van der Waals surface area contributed by atoms with Crippen LogP contribution in [0.25, 0.3) is 10.8 Å². The summed E-state index contributed by atoms with van der Waals surface area (Å²) in [6.07, 6.45) is 4.31. The molecule has 0 bridgehead atoms. The molecule has 1 radical (unpaired) electrons. The molecule has 0 unspecified atom stereocenters. The highest BCUT2D eigenvalue weighted by atomic mass is 14.9. The number of fused-ring (bicyclic) bond motifs is 1. The lowest BCUT2D eigenvalue weighted by atomic mass is 9.72. The zero-order valence-electron chi connectivity index (χ0n) is 8.91. The third kappa shape index (κ3) is 1.52. The second kappa shape index (κ2) is 3.45. The van der Waals surface area contributed by atoms with Gasteiger partial charge in [-0.25, -0.2) is 4.57 Å². The van der Waals surface area contributed by atoms with Crippen LogP contribution in [0.2, 0.25) is 6.82 Å². The molecule has 2 rings (SSSR count). The van der Waals surface area contributed by atoms with Crippen molar-refractivity contribution in [2.24, 2.45) is 7.05 Å². The van der Waals surface area contributed by atoms with Gasteiger partial charge in [-0.15, -0.1) is 0 Å². The van der Waals surface area contributed by atoms with Crippen LogP contribution in [0.15, 0.2) is 30.6 Å². The lowest BCUT2D eigenvalue weighted by Crippen LogP contribution is -2.33. The molecule has 14 heavy (non-hydrogen) atoms. The maximum absolute atomic E-state index is 2.24. The minimum Gasteiger partial charge on any atom is -0.208 e. The molecule has 1 nitrogen and oxygen atoms in total. The Morgan fingerprint density at radius 1 is 1.21 bits per heavy atom. The number of aryl methyl sites for hydroxylation is 2. The summed E-state index contributed by atoms with van der Waals surface area (Å²) < 4.78 is 2.10. The Morgan fingerprint density at radius 3 is 2.71 bits per heavy atom. The van der Waals surface area contributed by atoms with E-state index in [9.17, 15) is 0 Å². The Hall–Kier alpha value is -1.31. The Bertz CT molecular complexity index is 477. The molecule has 0 amide bonds. The molecular formula is C12H14BN+. The van der Waals surface area contributed by atoms with Crippen LogP contribution >= 0.6 is 0 Å².